The van der Waals surface area contributed by atoms with Crippen LogP contribution in [0.15, 0.2) is 67.3 Å². The molecule has 0 fully saturated rings. The third-order valence-corrected chi connectivity index (χ3v) is 4.01. The van der Waals surface area contributed by atoms with Crippen LogP contribution in [0.25, 0.3) is 5.69 Å². The number of aromatic nitrogens is 2. The minimum atomic E-state index is -0.639. The molecule has 4 rings (SSSR count). The lowest BCUT2D eigenvalue weighted by atomic mass is 10.2. The highest BCUT2D eigenvalue weighted by Gasteiger charge is 2.26. The van der Waals surface area contributed by atoms with Crippen LogP contribution in [0.5, 0.6) is 11.5 Å². The number of ether oxygens (including phenoxy) is 2. The van der Waals surface area contributed by atoms with Crippen molar-refractivity contribution in [2.45, 2.75) is 12.6 Å². The Morgan fingerprint density at radius 3 is 2.72 bits per heavy atom. The summed E-state index contributed by atoms with van der Waals surface area (Å²) in [5.41, 5.74) is 2.03. The van der Waals surface area contributed by atoms with E-state index in [4.69, 9.17) is 9.47 Å². The normalized spacial score (nSPS) is 15.6. The van der Waals surface area contributed by atoms with Crippen molar-refractivity contribution < 1.29 is 14.3 Å². The Morgan fingerprint density at radius 2 is 1.96 bits per heavy atom. The molecule has 1 N–H and O–H groups in total. The molecule has 0 aliphatic carbocycles. The first-order chi connectivity index (χ1) is 12.3. The van der Waals surface area contributed by atoms with Crippen molar-refractivity contribution in [3.63, 3.8) is 0 Å². The lowest BCUT2D eigenvalue weighted by Crippen LogP contribution is -2.43. The van der Waals surface area contributed by atoms with E-state index in [9.17, 15) is 4.79 Å². The average molecular weight is 335 g/mol. The summed E-state index contributed by atoms with van der Waals surface area (Å²) in [7, 11) is 0. The first-order valence-corrected chi connectivity index (χ1v) is 8.03. The van der Waals surface area contributed by atoms with Crippen LogP contribution in [0.4, 0.5) is 0 Å². The van der Waals surface area contributed by atoms with Crippen molar-refractivity contribution in [1.29, 1.82) is 0 Å². The number of hydrogen-bond donors (Lipinski definition) is 1. The number of nitrogens with one attached hydrogen (secondary N) is 1. The van der Waals surface area contributed by atoms with E-state index in [2.05, 4.69) is 10.3 Å². The van der Waals surface area contributed by atoms with Gasteiger partial charge in [-0.3, -0.25) is 4.79 Å². The van der Waals surface area contributed by atoms with E-state index < -0.39 is 6.10 Å². The molecule has 1 aromatic heterocycles. The van der Waals surface area contributed by atoms with Gasteiger partial charge in [0.25, 0.3) is 5.91 Å². The molecule has 0 bridgehead atoms. The zero-order chi connectivity index (χ0) is 17.1. The average Bonchev–Trinajstić information content (AvgIpc) is 3.21. The summed E-state index contributed by atoms with van der Waals surface area (Å²) in [4.78, 5) is 16.3. The van der Waals surface area contributed by atoms with Crippen molar-refractivity contribution in [3.8, 4) is 17.2 Å². The minimum absolute atomic E-state index is 0.187. The Bertz CT molecular complexity index is 860. The monoisotopic (exact) mass is 335 g/mol. The number of imidazole rings is 1. The maximum atomic E-state index is 12.3. The molecule has 126 valence electrons. The van der Waals surface area contributed by atoms with Gasteiger partial charge in [-0.25, -0.2) is 4.98 Å². The second-order valence-electron chi connectivity index (χ2n) is 5.72. The summed E-state index contributed by atoms with van der Waals surface area (Å²) in [6, 6.07) is 15.3. The van der Waals surface area contributed by atoms with Crippen LogP contribution in [0.1, 0.15) is 5.56 Å². The highest BCUT2D eigenvalue weighted by atomic mass is 16.6. The molecule has 1 aliphatic heterocycles. The highest BCUT2D eigenvalue weighted by Crippen LogP contribution is 2.30. The van der Waals surface area contributed by atoms with Crippen LogP contribution in [-0.2, 0) is 11.3 Å². The van der Waals surface area contributed by atoms with Crippen molar-refractivity contribution in [2.75, 3.05) is 6.61 Å². The van der Waals surface area contributed by atoms with Gasteiger partial charge in [0.1, 0.15) is 6.61 Å². The lowest BCUT2D eigenvalue weighted by Gasteiger charge is -2.25. The number of amides is 1. The summed E-state index contributed by atoms with van der Waals surface area (Å²) in [5, 5.41) is 2.89. The summed E-state index contributed by atoms with van der Waals surface area (Å²) in [5.74, 6) is 1.08. The summed E-state index contributed by atoms with van der Waals surface area (Å²) >= 11 is 0. The molecule has 2 heterocycles. The van der Waals surface area contributed by atoms with Gasteiger partial charge in [-0.15, -0.1) is 0 Å². The second-order valence-corrected chi connectivity index (χ2v) is 5.72. The van der Waals surface area contributed by atoms with Gasteiger partial charge in [0.05, 0.1) is 6.33 Å². The van der Waals surface area contributed by atoms with Gasteiger partial charge >= 0.3 is 0 Å². The maximum Gasteiger partial charge on any atom is 0.264 e. The third-order valence-electron chi connectivity index (χ3n) is 4.01. The van der Waals surface area contributed by atoms with E-state index in [-0.39, 0.29) is 12.5 Å². The van der Waals surface area contributed by atoms with Crippen LogP contribution in [0.3, 0.4) is 0 Å². The standard InChI is InChI=1S/C19H17N3O3/c23-19(18-12-24-16-3-1-2-4-17(16)25-18)21-11-14-5-7-15(8-6-14)22-10-9-20-13-22/h1-10,13,18H,11-12H2,(H,21,23)/t18-/m0/s1. The molecule has 0 saturated heterocycles. The van der Waals surface area contributed by atoms with Gasteiger partial charge in [-0.05, 0) is 29.8 Å². The quantitative estimate of drug-likeness (QED) is 0.795. The Hall–Kier alpha value is -3.28. The Labute approximate surface area is 145 Å². The predicted molar refractivity (Wildman–Crippen MR) is 91.8 cm³/mol. The molecule has 2 aromatic carbocycles. The van der Waals surface area contributed by atoms with Gasteiger partial charge in [0, 0.05) is 24.6 Å². The van der Waals surface area contributed by atoms with Gasteiger partial charge in [-0.2, -0.15) is 0 Å². The van der Waals surface area contributed by atoms with Gasteiger partial charge in [0.15, 0.2) is 11.5 Å². The second kappa shape index (κ2) is 6.68. The Kier molecular flexibility index (Phi) is 4.08. The van der Waals surface area contributed by atoms with Gasteiger partial charge in [-0.1, -0.05) is 24.3 Å². The molecule has 1 amide bonds. The molecule has 3 aromatic rings. The summed E-state index contributed by atoms with van der Waals surface area (Å²) < 4.78 is 13.2. The van der Waals surface area contributed by atoms with Crippen molar-refractivity contribution in [3.05, 3.63) is 72.8 Å². The molecule has 1 atom stereocenters. The molecule has 25 heavy (non-hydrogen) atoms. The minimum Gasteiger partial charge on any atom is -0.485 e. The number of hydrogen-bond acceptors (Lipinski definition) is 4. The molecule has 0 spiro atoms. The maximum absolute atomic E-state index is 12.3. The molecule has 6 nitrogen and oxygen atoms in total. The third kappa shape index (κ3) is 3.33. The number of carbonyl (C=O) groups is 1. The van der Waals surface area contributed by atoms with Crippen LogP contribution >= 0.6 is 0 Å². The van der Waals surface area contributed by atoms with E-state index in [1.54, 1.807) is 18.6 Å². The predicted octanol–water partition coefficient (Wildman–Crippen LogP) is 2.33. The molecule has 0 unspecified atom stereocenters. The first kappa shape index (κ1) is 15.3. The largest absolute Gasteiger partial charge is 0.485 e. The summed E-state index contributed by atoms with van der Waals surface area (Å²) in [6.07, 6.45) is 4.72. The molecule has 1 aliphatic rings. The van der Waals surface area contributed by atoms with Crippen LogP contribution in [0, 0.1) is 0 Å². The van der Waals surface area contributed by atoms with E-state index >= 15 is 0 Å². The fourth-order valence-corrected chi connectivity index (χ4v) is 2.65. The fourth-order valence-electron chi connectivity index (χ4n) is 2.65. The smallest absolute Gasteiger partial charge is 0.264 e. The molecule has 0 saturated carbocycles. The lowest BCUT2D eigenvalue weighted by molar-refractivity contribution is -0.130. The Morgan fingerprint density at radius 1 is 1.16 bits per heavy atom. The first-order valence-electron chi connectivity index (χ1n) is 8.03. The highest BCUT2D eigenvalue weighted by molar-refractivity contribution is 5.81. The number of fused-ring (bicyclic) bond motifs is 1. The fraction of sp³-hybridized carbons (Fsp3) is 0.158. The van der Waals surface area contributed by atoms with Crippen LogP contribution < -0.4 is 14.8 Å². The topological polar surface area (TPSA) is 65.4 Å². The van der Waals surface area contributed by atoms with Crippen molar-refractivity contribution >= 4 is 5.91 Å². The number of nitrogens with zero attached hydrogens (tertiary/aromatic N) is 2. The van der Waals surface area contributed by atoms with Gasteiger partial charge in [0.2, 0.25) is 6.10 Å². The van der Waals surface area contributed by atoms with Crippen LogP contribution in [0.2, 0.25) is 0 Å². The SMILES string of the molecule is O=C(NCc1ccc(-n2ccnc2)cc1)[C@@H]1COc2ccccc2O1. The number of para-hydroxylation sites is 2. The van der Waals surface area contributed by atoms with E-state index in [1.807, 2.05) is 53.2 Å². The van der Waals surface area contributed by atoms with E-state index in [0.29, 0.717) is 18.0 Å². The molecule has 0 radical (unpaired) electrons. The molecular weight excluding hydrogens is 318 g/mol. The van der Waals surface area contributed by atoms with E-state index in [1.165, 1.54) is 0 Å². The summed E-state index contributed by atoms with van der Waals surface area (Å²) in [6.45, 7) is 0.646. The molecule has 6 heteroatoms. The van der Waals surface area contributed by atoms with Gasteiger partial charge < -0.3 is 19.4 Å². The van der Waals surface area contributed by atoms with Crippen molar-refractivity contribution in [2.24, 2.45) is 0 Å². The molecular formula is C19H17N3O3. The van der Waals surface area contributed by atoms with Crippen molar-refractivity contribution in [1.82, 2.24) is 14.9 Å². The number of rotatable bonds is 4. The number of benzene rings is 2. The number of carbonyl (C=O) groups excluding carboxylic acids is 1. The van der Waals surface area contributed by atoms with E-state index in [0.717, 1.165) is 11.3 Å². The van der Waals surface area contributed by atoms with Crippen LogP contribution in [-0.4, -0.2) is 28.2 Å². The zero-order valence-corrected chi connectivity index (χ0v) is 13.5. The zero-order valence-electron chi connectivity index (χ0n) is 13.5. The Balaban J connectivity index is 1.35.